The molecule has 18 heavy (non-hydrogen) atoms. The van der Waals surface area contributed by atoms with E-state index < -0.39 is 6.04 Å². The van der Waals surface area contributed by atoms with Gasteiger partial charge in [0.15, 0.2) is 0 Å². The molecule has 1 atom stereocenters. The molecule has 2 aromatic rings. The Labute approximate surface area is 111 Å². The van der Waals surface area contributed by atoms with E-state index in [1.54, 1.807) is 0 Å². The number of carbonyl (C=O) groups excluding carboxylic acids is 1. The number of aryl methyl sites for hydroxylation is 2. The van der Waals surface area contributed by atoms with Gasteiger partial charge in [0, 0.05) is 10.6 Å². The van der Waals surface area contributed by atoms with E-state index in [2.05, 4.69) is 5.32 Å². The van der Waals surface area contributed by atoms with Crippen LogP contribution < -0.4 is 11.1 Å². The van der Waals surface area contributed by atoms with Crippen molar-refractivity contribution in [2.45, 2.75) is 19.9 Å². The van der Waals surface area contributed by atoms with E-state index in [0.29, 0.717) is 0 Å². The number of nitrogens with two attached hydrogens (primary N) is 1. The van der Waals surface area contributed by atoms with E-state index in [-0.39, 0.29) is 5.91 Å². The number of benzene rings is 1. The maximum Gasteiger partial charge on any atom is 0.246 e. The van der Waals surface area contributed by atoms with Gasteiger partial charge in [-0.25, -0.2) is 0 Å². The third kappa shape index (κ3) is 2.78. The maximum absolute atomic E-state index is 12.0. The molecule has 0 aliphatic carbocycles. The number of hydrogen-bond donors (Lipinski definition) is 2. The topological polar surface area (TPSA) is 55.1 Å². The molecule has 2 rings (SSSR count). The fourth-order valence-electron chi connectivity index (χ4n) is 1.76. The number of carbonyl (C=O) groups is 1. The molecule has 0 fully saturated rings. The zero-order valence-electron chi connectivity index (χ0n) is 10.4. The zero-order chi connectivity index (χ0) is 13.1. The van der Waals surface area contributed by atoms with Crippen LogP contribution in [0.3, 0.4) is 0 Å². The highest BCUT2D eigenvalue weighted by molar-refractivity contribution is 7.10. The molecule has 1 unspecified atom stereocenters. The van der Waals surface area contributed by atoms with Gasteiger partial charge in [-0.3, -0.25) is 4.79 Å². The van der Waals surface area contributed by atoms with Crippen molar-refractivity contribution in [2.24, 2.45) is 5.73 Å². The van der Waals surface area contributed by atoms with Crippen LogP contribution in [0.1, 0.15) is 22.0 Å². The van der Waals surface area contributed by atoms with Crippen molar-refractivity contribution in [3.63, 3.8) is 0 Å². The number of amides is 1. The summed E-state index contributed by atoms with van der Waals surface area (Å²) in [6, 6.07) is 9.07. The monoisotopic (exact) mass is 260 g/mol. The SMILES string of the molecule is Cc1ccc(NC(=O)C(N)c2cccs2)c(C)c1. The van der Waals surface area contributed by atoms with E-state index in [4.69, 9.17) is 5.73 Å². The minimum atomic E-state index is -0.606. The van der Waals surface area contributed by atoms with Gasteiger partial charge >= 0.3 is 0 Å². The Hall–Kier alpha value is -1.65. The predicted octanol–water partition coefficient (Wildman–Crippen LogP) is 3.00. The van der Waals surface area contributed by atoms with Crippen LogP contribution in [0.15, 0.2) is 35.7 Å². The molecule has 0 bridgehead atoms. The van der Waals surface area contributed by atoms with Gasteiger partial charge in [-0.15, -0.1) is 11.3 Å². The third-order valence-electron chi connectivity index (χ3n) is 2.77. The summed E-state index contributed by atoms with van der Waals surface area (Å²) in [5.74, 6) is -0.176. The van der Waals surface area contributed by atoms with Gasteiger partial charge in [-0.1, -0.05) is 23.8 Å². The lowest BCUT2D eigenvalue weighted by Gasteiger charge is -2.13. The molecule has 0 spiro atoms. The van der Waals surface area contributed by atoms with Gasteiger partial charge in [0.1, 0.15) is 6.04 Å². The summed E-state index contributed by atoms with van der Waals surface area (Å²) < 4.78 is 0. The number of rotatable bonds is 3. The van der Waals surface area contributed by atoms with Crippen LogP contribution in [-0.4, -0.2) is 5.91 Å². The fraction of sp³-hybridized carbons (Fsp3) is 0.214. The van der Waals surface area contributed by atoms with Gasteiger partial charge in [0.05, 0.1) is 0 Å². The Morgan fingerprint density at radius 3 is 2.72 bits per heavy atom. The predicted molar refractivity (Wildman–Crippen MR) is 75.8 cm³/mol. The Morgan fingerprint density at radius 1 is 1.33 bits per heavy atom. The number of hydrogen-bond acceptors (Lipinski definition) is 3. The summed E-state index contributed by atoms with van der Waals surface area (Å²) in [6.45, 7) is 4.00. The summed E-state index contributed by atoms with van der Waals surface area (Å²) in [6.07, 6.45) is 0. The quantitative estimate of drug-likeness (QED) is 0.891. The van der Waals surface area contributed by atoms with Gasteiger partial charge in [0.25, 0.3) is 0 Å². The summed E-state index contributed by atoms with van der Waals surface area (Å²) >= 11 is 1.49. The van der Waals surface area contributed by atoms with E-state index >= 15 is 0 Å². The highest BCUT2D eigenvalue weighted by Gasteiger charge is 2.17. The van der Waals surface area contributed by atoms with Crippen molar-refractivity contribution in [1.29, 1.82) is 0 Å². The molecule has 0 aliphatic heterocycles. The molecule has 1 heterocycles. The highest BCUT2D eigenvalue weighted by atomic mass is 32.1. The molecule has 4 heteroatoms. The van der Waals surface area contributed by atoms with Crippen molar-refractivity contribution in [3.8, 4) is 0 Å². The highest BCUT2D eigenvalue weighted by Crippen LogP contribution is 2.21. The maximum atomic E-state index is 12.0. The Kier molecular flexibility index (Phi) is 3.79. The van der Waals surface area contributed by atoms with E-state index in [0.717, 1.165) is 16.1 Å². The number of anilines is 1. The van der Waals surface area contributed by atoms with Crippen molar-refractivity contribution < 1.29 is 4.79 Å². The van der Waals surface area contributed by atoms with Crippen molar-refractivity contribution in [3.05, 3.63) is 51.7 Å². The van der Waals surface area contributed by atoms with Gasteiger partial charge in [-0.05, 0) is 36.9 Å². The molecule has 1 aromatic heterocycles. The van der Waals surface area contributed by atoms with Crippen LogP contribution in [0.5, 0.6) is 0 Å². The Balaban J connectivity index is 2.12. The third-order valence-corrected chi connectivity index (χ3v) is 3.73. The van der Waals surface area contributed by atoms with Crippen LogP contribution >= 0.6 is 11.3 Å². The van der Waals surface area contributed by atoms with Crippen molar-refractivity contribution in [1.82, 2.24) is 0 Å². The van der Waals surface area contributed by atoms with Crippen LogP contribution in [0.25, 0.3) is 0 Å². The van der Waals surface area contributed by atoms with Crippen LogP contribution in [0.2, 0.25) is 0 Å². The first-order chi connectivity index (χ1) is 8.58. The minimum Gasteiger partial charge on any atom is -0.324 e. The van der Waals surface area contributed by atoms with Crippen LogP contribution in [0, 0.1) is 13.8 Å². The zero-order valence-corrected chi connectivity index (χ0v) is 11.3. The molecule has 3 nitrogen and oxygen atoms in total. The first-order valence-corrected chi connectivity index (χ1v) is 6.63. The standard InChI is InChI=1S/C14H16N2OS/c1-9-5-6-11(10(2)8-9)16-14(17)13(15)12-4-3-7-18-12/h3-8,13H,15H2,1-2H3,(H,16,17). The second kappa shape index (κ2) is 5.33. The molecule has 1 amide bonds. The number of nitrogens with one attached hydrogen (secondary N) is 1. The molecule has 94 valence electrons. The molecular formula is C14H16N2OS. The Bertz CT molecular complexity index is 549. The lowest BCUT2D eigenvalue weighted by Crippen LogP contribution is -2.27. The van der Waals surface area contributed by atoms with Crippen molar-refractivity contribution >= 4 is 22.9 Å². The second-order valence-electron chi connectivity index (χ2n) is 4.30. The van der Waals surface area contributed by atoms with E-state index in [1.807, 2.05) is 49.6 Å². The van der Waals surface area contributed by atoms with Gasteiger partial charge < -0.3 is 11.1 Å². The van der Waals surface area contributed by atoms with Gasteiger partial charge in [-0.2, -0.15) is 0 Å². The van der Waals surface area contributed by atoms with E-state index in [1.165, 1.54) is 16.9 Å². The molecule has 0 saturated carbocycles. The first-order valence-electron chi connectivity index (χ1n) is 5.75. The van der Waals surface area contributed by atoms with E-state index in [9.17, 15) is 4.79 Å². The molecule has 0 aliphatic rings. The van der Waals surface area contributed by atoms with Crippen LogP contribution in [-0.2, 0) is 4.79 Å². The molecule has 0 saturated heterocycles. The number of thiophene rings is 1. The lowest BCUT2D eigenvalue weighted by atomic mass is 10.1. The van der Waals surface area contributed by atoms with Gasteiger partial charge in [0.2, 0.25) is 5.91 Å². The summed E-state index contributed by atoms with van der Waals surface area (Å²) in [5, 5.41) is 4.78. The normalized spacial score (nSPS) is 12.2. The summed E-state index contributed by atoms with van der Waals surface area (Å²) in [4.78, 5) is 12.9. The minimum absolute atomic E-state index is 0.176. The average Bonchev–Trinajstić information content (AvgIpc) is 2.85. The molecule has 0 radical (unpaired) electrons. The molecule has 3 N–H and O–H groups in total. The fourth-order valence-corrected chi connectivity index (χ4v) is 2.49. The lowest BCUT2D eigenvalue weighted by molar-refractivity contribution is -0.117. The average molecular weight is 260 g/mol. The summed E-state index contributed by atoms with van der Waals surface area (Å²) in [5.41, 5.74) is 8.94. The van der Waals surface area contributed by atoms with Crippen molar-refractivity contribution in [2.75, 3.05) is 5.32 Å². The summed E-state index contributed by atoms with van der Waals surface area (Å²) in [7, 11) is 0. The Morgan fingerprint density at radius 2 is 2.11 bits per heavy atom. The second-order valence-corrected chi connectivity index (χ2v) is 5.28. The smallest absolute Gasteiger partial charge is 0.246 e. The van der Waals surface area contributed by atoms with Crippen LogP contribution in [0.4, 0.5) is 5.69 Å². The first kappa shape index (κ1) is 12.8. The molecule has 1 aromatic carbocycles. The molecular weight excluding hydrogens is 244 g/mol. The largest absolute Gasteiger partial charge is 0.324 e.